The van der Waals surface area contributed by atoms with Gasteiger partial charge in [0.15, 0.2) is 6.10 Å². The molecule has 6 heteroatoms. The first-order chi connectivity index (χ1) is 9.59. The number of carbonyl (C=O) groups is 2. The average Bonchev–Trinajstić information content (AvgIpc) is 2.94. The second-order valence-corrected chi connectivity index (χ2v) is 5.01. The van der Waals surface area contributed by atoms with E-state index in [0.29, 0.717) is 4.88 Å². The van der Waals surface area contributed by atoms with Crippen molar-refractivity contribution >= 4 is 23.2 Å². The van der Waals surface area contributed by atoms with Crippen LogP contribution in [0.4, 0.5) is 0 Å². The molecule has 0 aliphatic rings. The number of aliphatic hydroxyl groups excluding tert-OH is 1. The Morgan fingerprint density at radius 3 is 2.55 bits per heavy atom. The first-order valence-electron chi connectivity index (χ1n) is 5.91. The number of aliphatic hydroxyl groups is 1. The number of rotatable bonds is 5. The molecule has 20 heavy (non-hydrogen) atoms. The molecule has 0 bridgehead atoms. The quantitative estimate of drug-likeness (QED) is 0.781. The minimum atomic E-state index is -1.60. The number of hydrogen-bond donors (Lipinski definition) is 3. The lowest BCUT2D eigenvalue weighted by Crippen LogP contribution is -2.36. The Morgan fingerprint density at radius 2 is 1.90 bits per heavy atom. The molecule has 2 rings (SSSR count). The van der Waals surface area contributed by atoms with E-state index in [2.05, 4.69) is 5.32 Å². The summed E-state index contributed by atoms with van der Waals surface area (Å²) in [5.74, 6) is -1.75. The number of nitrogens with one attached hydrogen (secondary N) is 1. The second-order valence-electron chi connectivity index (χ2n) is 4.09. The molecular weight excluding hydrogens is 278 g/mol. The molecule has 0 radical (unpaired) electrons. The van der Waals surface area contributed by atoms with Gasteiger partial charge in [-0.2, -0.15) is 0 Å². The van der Waals surface area contributed by atoms with Crippen LogP contribution in [-0.2, 0) is 4.79 Å². The van der Waals surface area contributed by atoms with E-state index < -0.39 is 12.1 Å². The smallest absolute Gasteiger partial charge is 0.334 e. The zero-order valence-corrected chi connectivity index (χ0v) is 11.3. The van der Waals surface area contributed by atoms with Gasteiger partial charge in [-0.1, -0.05) is 30.3 Å². The van der Waals surface area contributed by atoms with Crippen LogP contribution in [0.15, 0.2) is 41.8 Å². The highest BCUT2D eigenvalue weighted by molar-refractivity contribution is 7.12. The summed E-state index contributed by atoms with van der Waals surface area (Å²) < 4.78 is 0. The number of benzene rings is 1. The van der Waals surface area contributed by atoms with E-state index in [0.717, 1.165) is 11.1 Å². The predicted molar refractivity (Wildman–Crippen MR) is 75.7 cm³/mol. The molecule has 1 atom stereocenters. The van der Waals surface area contributed by atoms with Gasteiger partial charge in [-0.05, 0) is 17.0 Å². The molecule has 104 valence electrons. The highest BCUT2D eigenvalue weighted by Crippen LogP contribution is 2.27. The van der Waals surface area contributed by atoms with Crippen molar-refractivity contribution in [1.29, 1.82) is 0 Å². The molecule has 0 saturated carbocycles. The summed E-state index contributed by atoms with van der Waals surface area (Å²) in [6, 6.07) is 11.3. The van der Waals surface area contributed by atoms with Gasteiger partial charge < -0.3 is 15.5 Å². The fourth-order valence-corrected chi connectivity index (χ4v) is 2.52. The Morgan fingerprint density at radius 1 is 1.20 bits per heavy atom. The Labute approximate surface area is 119 Å². The molecule has 1 heterocycles. The van der Waals surface area contributed by atoms with Crippen molar-refractivity contribution in [3.63, 3.8) is 0 Å². The van der Waals surface area contributed by atoms with Crippen molar-refractivity contribution in [2.45, 2.75) is 6.10 Å². The summed E-state index contributed by atoms with van der Waals surface area (Å²) in [5, 5.41) is 21.9. The predicted octanol–water partition coefficient (Wildman–Crippen LogP) is 1.59. The minimum Gasteiger partial charge on any atom is -0.479 e. The van der Waals surface area contributed by atoms with Gasteiger partial charge in [-0.3, -0.25) is 4.79 Å². The Balaban J connectivity index is 2.12. The van der Waals surface area contributed by atoms with E-state index >= 15 is 0 Å². The van der Waals surface area contributed by atoms with E-state index in [1.807, 2.05) is 36.4 Å². The van der Waals surface area contributed by atoms with Gasteiger partial charge in [-0.15, -0.1) is 11.3 Å². The van der Waals surface area contributed by atoms with Gasteiger partial charge in [0, 0.05) is 5.56 Å². The van der Waals surface area contributed by atoms with Crippen molar-refractivity contribution in [2.24, 2.45) is 0 Å². The highest BCUT2D eigenvalue weighted by atomic mass is 32.1. The fourth-order valence-electron chi connectivity index (χ4n) is 1.69. The zero-order chi connectivity index (χ0) is 14.5. The SMILES string of the molecule is O=C(NCC(O)C(=O)O)c1sccc1-c1ccccc1. The van der Waals surface area contributed by atoms with Crippen molar-refractivity contribution in [2.75, 3.05) is 6.54 Å². The lowest BCUT2D eigenvalue weighted by molar-refractivity contribution is -0.146. The van der Waals surface area contributed by atoms with Crippen LogP contribution < -0.4 is 5.32 Å². The van der Waals surface area contributed by atoms with Crippen LogP contribution in [0.25, 0.3) is 11.1 Å². The minimum absolute atomic E-state index is 0.319. The third kappa shape index (κ3) is 3.23. The molecule has 1 aromatic heterocycles. The fraction of sp³-hybridized carbons (Fsp3) is 0.143. The summed E-state index contributed by atoms with van der Waals surface area (Å²) in [5.41, 5.74) is 1.70. The topological polar surface area (TPSA) is 86.6 Å². The van der Waals surface area contributed by atoms with Crippen molar-refractivity contribution < 1.29 is 19.8 Å². The number of carboxylic acids is 1. The van der Waals surface area contributed by atoms with Gasteiger partial charge in [0.25, 0.3) is 5.91 Å². The normalized spacial score (nSPS) is 11.8. The van der Waals surface area contributed by atoms with E-state index in [1.54, 1.807) is 5.38 Å². The van der Waals surface area contributed by atoms with Crippen LogP contribution in [0, 0.1) is 0 Å². The van der Waals surface area contributed by atoms with Gasteiger partial charge in [0.2, 0.25) is 0 Å². The Kier molecular flexibility index (Phi) is 4.49. The number of hydrogen-bond acceptors (Lipinski definition) is 4. The first kappa shape index (κ1) is 14.2. The van der Waals surface area contributed by atoms with Gasteiger partial charge in [0.1, 0.15) is 0 Å². The third-order valence-corrected chi connectivity index (χ3v) is 3.61. The maximum Gasteiger partial charge on any atom is 0.334 e. The molecule has 0 aliphatic heterocycles. The summed E-state index contributed by atoms with van der Waals surface area (Å²) in [6.07, 6.45) is -1.60. The summed E-state index contributed by atoms with van der Waals surface area (Å²) in [6.45, 7) is -0.319. The monoisotopic (exact) mass is 291 g/mol. The van der Waals surface area contributed by atoms with Gasteiger partial charge in [-0.25, -0.2) is 4.79 Å². The van der Waals surface area contributed by atoms with Crippen LogP contribution in [0.5, 0.6) is 0 Å². The molecule has 1 unspecified atom stereocenters. The maximum atomic E-state index is 12.0. The first-order valence-corrected chi connectivity index (χ1v) is 6.79. The van der Waals surface area contributed by atoms with E-state index in [1.165, 1.54) is 11.3 Å². The molecule has 3 N–H and O–H groups in total. The number of amides is 1. The number of thiophene rings is 1. The van der Waals surface area contributed by atoms with Crippen molar-refractivity contribution in [3.8, 4) is 11.1 Å². The molecule has 0 fully saturated rings. The Bertz CT molecular complexity index is 609. The zero-order valence-electron chi connectivity index (χ0n) is 10.4. The van der Waals surface area contributed by atoms with E-state index in [4.69, 9.17) is 10.2 Å². The molecule has 0 aliphatic carbocycles. The lowest BCUT2D eigenvalue weighted by atomic mass is 10.1. The van der Waals surface area contributed by atoms with Crippen LogP contribution in [0.1, 0.15) is 9.67 Å². The number of aliphatic carboxylic acids is 1. The number of carboxylic acid groups (broad SMARTS) is 1. The van der Waals surface area contributed by atoms with Crippen LogP contribution in [0.3, 0.4) is 0 Å². The molecule has 0 saturated heterocycles. The van der Waals surface area contributed by atoms with Gasteiger partial charge in [0.05, 0.1) is 11.4 Å². The highest BCUT2D eigenvalue weighted by Gasteiger charge is 2.18. The maximum absolute atomic E-state index is 12.0. The van der Waals surface area contributed by atoms with Crippen LogP contribution >= 0.6 is 11.3 Å². The number of carbonyl (C=O) groups excluding carboxylic acids is 1. The molecular formula is C14H13NO4S. The average molecular weight is 291 g/mol. The standard InChI is InChI=1S/C14H13NO4S/c16-11(14(18)19)8-15-13(17)12-10(6-7-20-12)9-4-2-1-3-5-9/h1-7,11,16H,8H2,(H,15,17)(H,18,19). The largest absolute Gasteiger partial charge is 0.479 e. The summed E-state index contributed by atoms with van der Waals surface area (Å²) in [4.78, 5) is 23.0. The molecule has 1 amide bonds. The Hall–Kier alpha value is -2.18. The van der Waals surface area contributed by atoms with Gasteiger partial charge >= 0.3 is 5.97 Å². The van der Waals surface area contributed by atoms with Crippen LogP contribution in [0.2, 0.25) is 0 Å². The summed E-state index contributed by atoms with van der Waals surface area (Å²) >= 11 is 1.27. The van der Waals surface area contributed by atoms with Crippen LogP contribution in [-0.4, -0.2) is 34.7 Å². The summed E-state index contributed by atoms with van der Waals surface area (Å²) in [7, 11) is 0. The molecule has 1 aromatic carbocycles. The van der Waals surface area contributed by atoms with E-state index in [-0.39, 0.29) is 12.5 Å². The van der Waals surface area contributed by atoms with Crippen molar-refractivity contribution in [1.82, 2.24) is 5.32 Å². The third-order valence-electron chi connectivity index (χ3n) is 2.70. The van der Waals surface area contributed by atoms with Crippen molar-refractivity contribution in [3.05, 3.63) is 46.7 Å². The molecule has 5 nitrogen and oxygen atoms in total. The molecule has 0 spiro atoms. The molecule has 2 aromatic rings. The van der Waals surface area contributed by atoms with E-state index in [9.17, 15) is 9.59 Å². The second kappa shape index (κ2) is 6.31. The lowest BCUT2D eigenvalue weighted by Gasteiger charge is -2.08.